The minimum Gasteiger partial charge on any atom is -0.392 e. The molecule has 3 unspecified atom stereocenters. The summed E-state index contributed by atoms with van der Waals surface area (Å²) >= 11 is 0. The highest BCUT2D eigenvalue weighted by molar-refractivity contribution is 5.54. The number of carbonyl (C=O) groups excluding carboxylic acids is 2. The largest absolute Gasteiger partial charge is 0.392 e. The Morgan fingerprint density at radius 2 is 1.03 bits per heavy atom. The Morgan fingerprint density at radius 3 is 1.23 bits per heavy atom. The Balaban J connectivity index is -0.000000211. The van der Waals surface area contributed by atoms with Gasteiger partial charge >= 0.3 is 0 Å². The smallest absolute Gasteiger partial charge is 0.125 e. The van der Waals surface area contributed by atoms with Crippen molar-refractivity contribution in [2.24, 2.45) is 23.7 Å². The highest BCUT2D eigenvalue weighted by Crippen LogP contribution is 2.18. The zero-order valence-electron chi connectivity index (χ0n) is 18.0. The molecule has 0 aromatic heterocycles. The van der Waals surface area contributed by atoms with Gasteiger partial charge in [-0.1, -0.05) is 92.2 Å². The Hall–Kier alpha value is -1.78. The van der Waals surface area contributed by atoms with Crippen LogP contribution < -0.4 is 0 Å². The van der Waals surface area contributed by atoms with E-state index in [0.29, 0.717) is 12.8 Å². The lowest BCUT2D eigenvalue weighted by Gasteiger charge is -2.21. The second kappa shape index (κ2) is 23.5. The van der Waals surface area contributed by atoms with Crippen LogP contribution in [-0.4, -0.2) is 35.0 Å². The van der Waals surface area contributed by atoms with Crippen molar-refractivity contribution in [3.05, 3.63) is 49.6 Å². The van der Waals surface area contributed by atoms with E-state index in [1.807, 2.05) is 52.0 Å². The number of aliphatic hydroxyl groups is 2. The molecule has 0 amide bonds. The van der Waals surface area contributed by atoms with E-state index in [1.54, 1.807) is 12.2 Å². The number of aldehydes is 2. The zero-order chi connectivity index (χ0) is 21.9. The Labute approximate surface area is 186 Å². The van der Waals surface area contributed by atoms with Gasteiger partial charge in [0.05, 0.1) is 12.2 Å². The van der Waals surface area contributed by atoms with E-state index in [0.717, 1.165) is 25.4 Å². The van der Waals surface area contributed by atoms with Crippen LogP contribution in [-0.2, 0) is 9.59 Å². The molecule has 2 N–H and O–H groups in total. The molecule has 0 radical (unpaired) electrons. The summed E-state index contributed by atoms with van der Waals surface area (Å²) in [4.78, 5) is 21.2. The van der Waals surface area contributed by atoms with E-state index in [-0.39, 0.29) is 38.5 Å². The second-order valence-corrected chi connectivity index (χ2v) is 7.15. The summed E-state index contributed by atoms with van der Waals surface area (Å²) in [5.74, 6) is -0.244. The topological polar surface area (TPSA) is 74.6 Å². The van der Waals surface area contributed by atoms with Gasteiger partial charge in [-0.3, -0.25) is 0 Å². The van der Waals surface area contributed by atoms with Crippen molar-refractivity contribution in [2.75, 3.05) is 0 Å². The molecule has 0 aliphatic rings. The maximum absolute atomic E-state index is 10.6. The molecule has 0 aliphatic carbocycles. The standard InChI is InChI=1S/2C12H20O2.2CH4/c2*1-4-6-7-8-10(3)12(14)11(5-2)9-13;;/h2*4,6-7,9-12,14H,1,5,8H2,2-3H3;2*1H4/b7-6+;7-6-;;/t10-,11-,12-;;;/m1.../s1. The second-order valence-electron chi connectivity index (χ2n) is 7.15. The van der Waals surface area contributed by atoms with Crippen LogP contribution in [0.15, 0.2) is 49.6 Å². The lowest BCUT2D eigenvalue weighted by molar-refractivity contribution is -0.116. The van der Waals surface area contributed by atoms with Gasteiger partial charge < -0.3 is 19.8 Å². The van der Waals surface area contributed by atoms with Crippen molar-refractivity contribution in [1.29, 1.82) is 0 Å². The first-order valence-electron chi connectivity index (χ1n) is 10.2. The highest BCUT2D eigenvalue weighted by atomic mass is 16.3. The molecule has 30 heavy (non-hydrogen) atoms. The minimum absolute atomic E-state index is 0. The molecule has 0 bridgehead atoms. The molecule has 0 aliphatic heterocycles. The monoisotopic (exact) mass is 424 g/mol. The van der Waals surface area contributed by atoms with Crippen LogP contribution in [0.1, 0.15) is 68.2 Å². The number of allylic oxidation sites excluding steroid dienone is 6. The lowest BCUT2D eigenvalue weighted by Crippen LogP contribution is -2.27. The first-order chi connectivity index (χ1) is 13.3. The maximum Gasteiger partial charge on any atom is 0.125 e. The summed E-state index contributed by atoms with van der Waals surface area (Å²) in [5.41, 5.74) is 0. The van der Waals surface area contributed by atoms with Crippen molar-refractivity contribution in [3.63, 3.8) is 0 Å². The number of rotatable bonds is 14. The quantitative estimate of drug-likeness (QED) is 0.267. The summed E-state index contributed by atoms with van der Waals surface area (Å²) < 4.78 is 0. The average Bonchev–Trinajstić information content (AvgIpc) is 2.70. The van der Waals surface area contributed by atoms with Crippen molar-refractivity contribution in [3.8, 4) is 0 Å². The minimum atomic E-state index is -0.535. The molecule has 0 saturated heterocycles. The van der Waals surface area contributed by atoms with Crippen LogP contribution in [0.2, 0.25) is 0 Å². The Morgan fingerprint density at radius 1 is 0.733 bits per heavy atom. The molecule has 6 atom stereocenters. The van der Waals surface area contributed by atoms with Gasteiger partial charge in [0.2, 0.25) is 0 Å². The van der Waals surface area contributed by atoms with E-state index in [1.165, 1.54) is 0 Å². The molecule has 0 spiro atoms. The third-order valence-corrected chi connectivity index (χ3v) is 4.90. The number of carbonyl (C=O) groups is 2. The fourth-order valence-electron chi connectivity index (χ4n) is 2.74. The molecule has 4 heteroatoms. The van der Waals surface area contributed by atoms with E-state index < -0.39 is 12.2 Å². The normalized spacial score (nSPS) is 16.5. The molecule has 0 aromatic rings. The van der Waals surface area contributed by atoms with Crippen molar-refractivity contribution < 1.29 is 19.8 Å². The number of hydrogen-bond acceptors (Lipinski definition) is 4. The number of aliphatic hydroxyl groups excluding tert-OH is 2. The first kappa shape index (κ1) is 35.6. The molecule has 176 valence electrons. The highest BCUT2D eigenvalue weighted by Gasteiger charge is 2.22. The van der Waals surface area contributed by atoms with Crippen LogP contribution in [0, 0.1) is 23.7 Å². The van der Waals surface area contributed by atoms with Crippen molar-refractivity contribution in [1.82, 2.24) is 0 Å². The van der Waals surface area contributed by atoms with Crippen LogP contribution in [0.5, 0.6) is 0 Å². The first-order valence-corrected chi connectivity index (χ1v) is 10.2. The summed E-state index contributed by atoms with van der Waals surface area (Å²) in [6, 6.07) is 0. The molecule has 0 fully saturated rings. The summed E-state index contributed by atoms with van der Waals surface area (Å²) in [6.45, 7) is 14.8. The fraction of sp³-hybridized carbons (Fsp3) is 0.615. The molecule has 0 saturated carbocycles. The third-order valence-electron chi connectivity index (χ3n) is 4.90. The van der Waals surface area contributed by atoms with E-state index in [4.69, 9.17) is 0 Å². The van der Waals surface area contributed by atoms with Crippen molar-refractivity contribution in [2.45, 2.75) is 80.4 Å². The van der Waals surface area contributed by atoms with Gasteiger partial charge in [0.25, 0.3) is 0 Å². The Bertz CT molecular complexity index is 437. The Kier molecular flexibility index (Phi) is 27.9. The van der Waals surface area contributed by atoms with Gasteiger partial charge in [-0.25, -0.2) is 0 Å². The SMILES string of the molecule is C.C.C=C/C=C/C[C@@H](C)[C@@H](O)[C@@H](C=O)CC.C=C/C=C\CC(C)C(O)C(C=O)CC. The van der Waals surface area contributed by atoms with Gasteiger partial charge in [0, 0.05) is 11.8 Å². The molecule has 4 nitrogen and oxygen atoms in total. The summed E-state index contributed by atoms with van der Waals surface area (Å²) in [7, 11) is 0. The molecule has 0 rings (SSSR count). The number of hydrogen-bond donors (Lipinski definition) is 2. The van der Waals surface area contributed by atoms with E-state index in [2.05, 4.69) is 13.2 Å². The third kappa shape index (κ3) is 16.1. The maximum atomic E-state index is 10.6. The van der Waals surface area contributed by atoms with E-state index in [9.17, 15) is 19.8 Å². The van der Waals surface area contributed by atoms with Gasteiger partial charge in [0.1, 0.15) is 12.6 Å². The van der Waals surface area contributed by atoms with Crippen LogP contribution in [0.25, 0.3) is 0 Å². The van der Waals surface area contributed by atoms with Crippen molar-refractivity contribution >= 4 is 12.6 Å². The van der Waals surface area contributed by atoms with Gasteiger partial charge in [-0.05, 0) is 37.5 Å². The zero-order valence-corrected chi connectivity index (χ0v) is 18.0. The van der Waals surface area contributed by atoms with Crippen LogP contribution >= 0.6 is 0 Å². The average molecular weight is 425 g/mol. The summed E-state index contributed by atoms with van der Waals surface area (Å²) in [5, 5.41) is 19.6. The molecule has 0 aromatic carbocycles. The van der Waals surface area contributed by atoms with Gasteiger partial charge in [0.15, 0.2) is 0 Å². The predicted molar refractivity (Wildman–Crippen MR) is 131 cm³/mol. The van der Waals surface area contributed by atoms with Gasteiger partial charge in [-0.2, -0.15) is 0 Å². The predicted octanol–water partition coefficient (Wildman–Crippen LogP) is 5.95. The van der Waals surface area contributed by atoms with Crippen LogP contribution in [0.3, 0.4) is 0 Å². The van der Waals surface area contributed by atoms with Crippen LogP contribution in [0.4, 0.5) is 0 Å². The molecular weight excluding hydrogens is 376 g/mol. The fourth-order valence-corrected chi connectivity index (χ4v) is 2.74. The molecular formula is C26H48O4. The lowest BCUT2D eigenvalue weighted by atomic mass is 9.89. The summed E-state index contributed by atoms with van der Waals surface area (Å²) in [6.07, 6.45) is 14.6. The molecule has 0 heterocycles. The van der Waals surface area contributed by atoms with E-state index >= 15 is 0 Å². The van der Waals surface area contributed by atoms with Gasteiger partial charge in [-0.15, -0.1) is 0 Å².